The maximum Gasteiger partial charge on any atom is 0.0323 e. The maximum atomic E-state index is 3.69. The molecule has 1 aromatic rings. The number of benzene rings is 1. The number of hydrogen-bond acceptors (Lipinski definition) is 1. The fourth-order valence-corrected chi connectivity index (χ4v) is 2.93. The summed E-state index contributed by atoms with van der Waals surface area (Å²) in [7, 11) is 0. The summed E-state index contributed by atoms with van der Waals surface area (Å²) in [6, 6.07) is 7.30. The molecule has 1 nitrogen and oxygen atoms in total. The monoisotopic (exact) mass is 295 g/mol. The standard InChI is InChI=1S/C15H22BrN/c1-3-6-17-15(9-12-4-5-12)13-7-11(2)8-14(16)10-13/h7-8,10,12,15,17H,3-6,9H2,1-2H3. The second-order valence-corrected chi connectivity index (χ2v) is 6.16. The van der Waals surface area contributed by atoms with Gasteiger partial charge in [0.2, 0.25) is 0 Å². The average molecular weight is 296 g/mol. The van der Waals surface area contributed by atoms with Gasteiger partial charge in [-0.05, 0) is 55.5 Å². The van der Waals surface area contributed by atoms with Crippen LogP contribution in [0.4, 0.5) is 0 Å². The van der Waals surface area contributed by atoms with Crippen molar-refractivity contribution >= 4 is 15.9 Å². The number of hydrogen-bond donors (Lipinski definition) is 1. The molecule has 17 heavy (non-hydrogen) atoms. The highest BCUT2D eigenvalue weighted by molar-refractivity contribution is 9.10. The van der Waals surface area contributed by atoms with Crippen molar-refractivity contribution in [2.75, 3.05) is 6.54 Å². The van der Waals surface area contributed by atoms with Crippen LogP contribution in [0.1, 0.15) is 49.8 Å². The first-order chi connectivity index (χ1) is 8.19. The van der Waals surface area contributed by atoms with Gasteiger partial charge in [-0.2, -0.15) is 0 Å². The molecule has 2 rings (SSSR count). The Kier molecular flexibility index (Phi) is 4.63. The van der Waals surface area contributed by atoms with Crippen molar-refractivity contribution in [1.82, 2.24) is 5.32 Å². The number of halogens is 1. The molecule has 0 spiro atoms. The van der Waals surface area contributed by atoms with Gasteiger partial charge in [0.25, 0.3) is 0 Å². The van der Waals surface area contributed by atoms with E-state index < -0.39 is 0 Å². The van der Waals surface area contributed by atoms with Gasteiger partial charge in [0.15, 0.2) is 0 Å². The normalized spacial score (nSPS) is 17.1. The van der Waals surface area contributed by atoms with E-state index in [0.717, 1.165) is 12.5 Å². The van der Waals surface area contributed by atoms with Crippen LogP contribution in [-0.2, 0) is 0 Å². The first-order valence-corrected chi connectivity index (χ1v) is 7.49. The van der Waals surface area contributed by atoms with Gasteiger partial charge in [0.05, 0.1) is 0 Å². The van der Waals surface area contributed by atoms with Crippen molar-refractivity contribution in [2.24, 2.45) is 5.92 Å². The van der Waals surface area contributed by atoms with E-state index in [1.54, 1.807) is 0 Å². The Hall–Kier alpha value is -0.340. The van der Waals surface area contributed by atoms with Crippen molar-refractivity contribution in [3.63, 3.8) is 0 Å². The van der Waals surface area contributed by atoms with Gasteiger partial charge in [-0.25, -0.2) is 0 Å². The first-order valence-electron chi connectivity index (χ1n) is 6.69. The Morgan fingerprint density at radius 2 is 2.12 bits per heavy atom. The molecule has 0 aliphatic heterocycles. The molecule has 0 bridgehead atoms. The van der Waals surface area contributed by atoms with Crippen LogP contribution in [0, 0.1) is 12.8 Å². The molecular formula is C15H22BrN. The molecule has 1 unspecified atom stereocenters. The Labute approximate surface area is 113 Å². The average Bonchev–Trinajstić information content (AvgIpc) is 3.06. The summed E-state index contributed by atoms with van der Waals surface area (Å²) in [5, 5.41) is 3.69. The van der Waals surface area contributed by atoms with Crippen LogP contribution in [0.25, 0.3) is 0 Å². The molecule has 2 heteroatoms. The summed E-state index contributed by atoms with van der Waals surface area (Å²) < 4.78 is 1.20. The van der Waals surface area contributed by atoms with Gasteiger partial charge in [-0.1, -0.05) is 41.8 Å². The topological polar surface area (TPSA) is 12.0 Å². The molecule has 1 saturated carbocycles. The van der Waals surface area contributed by atoms with Crippen LogP contribution in [0.2, 0.25) is 0 Å². The van der Waals surface area contributed by atoms with Gasteiger partial charge in [-0.3, -0.25) is 0 Å². The second kappa shape index (κ2) is 6.01. The van der Waals surface area contributed by atoms with E-state index in [-0.39, 0.29) is 0 Å². The van der Waals surface area contributed by atoms with Crippen LogP contribution in [0.3, 0.4) is 0 Å². The Morgan fingerprint density at radius 3 is 2.71 bits per heavy atom. The van der Waals surface area contributed by atoms with Crippen molar-refractivity contribution in [2.45, 2.75) is 45.6 Å². The lowest BCUT2D eigenvalue weighted by Crippen LogP contribution is -2.22. The highest BCUT2D eigenvalue weighted by Crippen LogP contribution is 2.38. The highest BCUT2D eigenvalue weighted by atomic mass is 79.9. The fourth-order valence-electron chi connectivity index (χ4n) is 2.31. The SMILES string of the molecule is CCCNC(CC1CC1)c1cc(C)cc(Br)c1. The summed E-state index contributed by atoms with van der Waals surface area (Å²) >= 11 is 3.60. The molecule has 94 valence electrons. The van der Waals surface area contributed by atoms with Crippen LogP contribution in [0.15, 0.2) is 22.7 Å². The Morgan fingerprint density at radius 1 is 1.35 bits per heavy atom. The fraction of sp³-hybridized carbons (Fsp3) is 0.600. The van der Waals surface area contributed by atoms with Gasteiger partial charge < -0.3 is 5.32 Å². The quantitative estimate of drug-likeness (QED) is 0.809. The number of rotatable bonds is 6. The lowest BCUT2D eigenvalue weighted by atomic mass is 9.99. The Bertz CT molecular complexity index is 351. The van der Waals surface area contributed by atoms with Crippen LogP contribution >= 0.6 is 15.9 Å². The summed E-state index contributed by atoms with van der Waals surface area (Å²) in [5.74, 6) is 0.962. The van der Waals surface area contributed by atoms with Gasteiger partial charge in [0, 0.05) is 10.5 Å². The maximum absolute atomic E-state index is 3.69. The van der Waals surface area contributed by atoms with E-state index in [0.29, 0.717) is 6.04 Å². The second-order valence-electron chi connectivity index (χ2n) is 5.25. The van der Waals surface area contributed by atoms with E-state index in [2.05, 4.69) is 53.3 Å². The largest absolute Gasteiger partial charge is 0.310 e. The summed E-state index contributed by atoms with van der Waals surface area (Å²) in [6.45, 7) is 5.51. The molecule has 1 aromatic carbocycles. The zero-order valence-electron chi connectivity index (χ0n) is 10.8. The van der Waals surface area contributed by atoms with Crippen molar-refractivity contribution in [3.8, 4) is 0 Å². The minimum absolute atomic E-state index is 0.540. The first kappa shape index (κ1) is 13.1. The van der Waals surface area contributed by atoms with Gasteiger partial charge in [0.1, 0.15) is 0 Å². The number of nitrogens with one attached hydrogen (secondary N) is 1. The molecular weight excluding hydrogens is 274 g/mol. The zero-order chi connectivity index (χ0) is 12.3. The van der Waals surface area contributed by atoms with E-state index >= 15 is 0 Å². The molecule has 1 fully saturated rings. The predicted octanol–water partition coefficient (Wildman–Crippen LogP) is 4.60. The van der Waals surface area contributed by atoms with E-state index in [4.69, 9.17) is 0 Å². The van der Waals surface area contributed by atoms with Gasteiger partial charge >= 0.3 is 0 Å². The van der Waals surface area contributed by atoms with Crippen molar-refractivity contribution in [1.29, 1.82) is 0 Å². The molecule has 0 saturated heterocycles. The molecule has 1 aliphatic rings. The van der Waals surface area contributed by atoms with Gasteiger partial charge in [-0.15, -0.1) is 0 Å². The third kappa shape index (κ3) is 4.11. The van der Waals surface area contributed by atoms with Crippen LogP contribution in [-0.4, -0.2) is 6.54 Å². The van der Waals surface area contributed by atoms with Crippen LogP contribution in [0.5, 0.6) is 0 Å². The molecule has 0 heterocycles. The molecule has 0 amide bonds. The smallest absolute Gasteiger partial charge is 0.0323 e. The molecule has 1 N–H and O–H groups in total. The zero-order valence-corrected chi connectivity index (χ0v) is 12.4. The minimum atomic E-state index is 0.540. The lowest BCUT2D eigenvalue weighted by molar-refractivity contribution is 0.473. The molecule has 0 aromatic heterocycles. The van der Waals surface area contributed by atoms with Crippen LogP contribution < -0.4 is 5.32 Å². The Balaban J connectivity index is 2.10. The molecule has 1 atom stereocenters. The summed E-state index contributed by atoms with van der Waals surface area (Å²) in [4.78, 5) is 0. The number of aryl methyl sites for hydroxylation is 1. The molecule has 1 aliphatic carbocycles. The summed E-state index contributed by atoms with van der Waals surface area (Å²) in [5.41, 5.74) is 2.78. The third-order valence-corrected chi connectivity index (χ3v) is 3.83. The summed E-state index contributed by atoms with van der Waals surface area (Å²) in [6.07, 6.45) is 5.36. The van der Waals surface area contributed by atoms with Crippen molar-refractivity contribution < 1.29 is 0 Å². The van der Waals surface area contributed by atoms with E-state index in [1.165, 1.54) is 41.3 Å². The lowest BCUT2D eigenvalue weighted by Gasteiger charge is -2.19. The van der Waals surface area contributed by atoms with E-state index in [1.807, 2.05) is 0 Å². The minimum Gasteiger partial charge on any atom is -0.310 e. The predicted molar refractivity (Wildman–Crippen MR) is 77.3 cm³/mol. The van der Waals surface area contributed by atoms with E-state index in [9.17, 15) is 0 Å². The third-order valence-electron chi connectivity index (χ3n) is 3.37. The molecule has 0 radical (unpaired) electrons. The van der Waals surface area contributed by atoms with Crippen molar-refractivity contribution in [3.05, 3.63) is 33.8 Å². The highest BCUT2D eigenvalue weighted by Gasteiger charge is 2.26.